The molecule has 0 aliphatic heterocycles. The molecule has 5 nitrogen and oxygen atoms in total. The van der Waals surface area contributed by atoms with E-state index in [1.807, 2.05) is 50.5 Å². The first-order valence-corrected chi connectivity index (χ1v) is 8.90. The Hall–Kier alpha value is -2.27. The van der Waals surface area contributed by atoms with Crippen molar-refractivity contribution in [1.29, 1.82) is 0 Å². The van der Waals surface area contributed by atoms with Crippen LogP contribution in [0.1, 0.15) is 43.1 Å². The van der Waals surface area contributed by atoms with E-state index >= 15 is 0 Å². The van der Waals surface area contributed by atoms with Crippen molar-refractivity contribution in [3.63, 3.8) is 0 Å². The molecule has 2 aromatic rings. The summed E-state index contributed by atoms with van der Waals surface area (Å²) in [6.07, 6.45) is 4.76. The molecule has 0 aliphatic rings. The second kappa shape index (κ2) is 9.28. The van der Waals surface area contributed by atoms with Gasteiger partial charge in [0, 0.05) is 25.0 Å². The minimum Gasteiger partial charge on any atom is -0.394 e. The zero-order chi connectivity index (χ0) is 18.2. The minimum absolute atomic E-state index is 0.0525. The number of carbonyl (C=O) groups excluding carboxylic acids is 1. The topological polar surface area (TPSA) is 66.3 Å². The van der Waals surface area contributed by atoms with Crippen LogP contribution in [0, 0.1) is 0 Å². The number of rotatable bonds is 8. The van der Waals surface area contributed by atoms with Crippen molar-refractivity contribution in [3.8, 4) is 0 Å². The molecule has 0 spiro atoms. The summed E-state index contributed by atoms with van der Waals surface area (Å²) in [5.74, 6) is 0. The third kappa shape index (κ3) is 5.64. The highest BCUT2D eigenvalue weighted by molar-refractivity contribution is 5.74. The fourth-order valence-electron chi connectivity index (χ4n) is 2.84. The van der Waals surface area contributed by atoms with Gasteiger partial charge in [-0.1, -0.05) is 31.2 Å². The van der Waals surface area contributed by atoms with Crippen molar-refractivity contribution in [2.24, 2.45) is 7.05 Å². The molecule has 0 saturated carbocycles. The average Bonchev–Trinajstić information content (AvgIpc) is 3.03. The number of amides is 2. The van der Waals surface area contributed by atoms with Gasteiger partial charge in [-0.3, -0.25) is 0 Å². The van der Waals surface area contributed by atoms with E-state index in [2.05, 4.69) is 28.2 Å². The lowest BCUT2D eigenvalue weighted by molar-refractivity contribution is 0.214. The molecule has 5 heteroatoms. The summed E-state index contributed by atoms with van der Waals surface area (Å²) in [6.45, 7) is 3.96. The van der Waals surface area contributed by atoms with Crippen molar-refractivity contribution in [3.05, 3.63) is 59.4 Å². The Morgan fingerprint density at radius 1 is 1.20 bits per heavy atom. The lowest BCUT2D eigenvalue weighted by atomic mass is 10.0. The number of aromatic nitrogens is 1. The van der Waals surface area contributed by atoms with Crippen LogP contribution in [0.2, 0.25) is 0 Å². The molecule has 2 unspecified atom stereocenters. The number of hydrogen-bond acceptors (Lipinski definition) is 2. The van der Waals surface area contributed by atoms with Gasteiger partial charge in [-0.2, -0.15) is 0 Å². The second-order valence-corrected chi connectivity index (χ2v) is 6.50. The first-order chi connectivity index (χ1) is 12.0. The average molecular weight is 343 g/mol. The van der Waals surface area contributed by atoms with Crippen LogP contribution in [0.4, 0.5) is 4.79 Å². The van der Waals surface area contributed by atoms with Gasteiger partial charge >= 0.3 is 6.03 Å². The summed E-state index contributed by atoms with van der Waals surface area (Å²) in [5.41, 5.74) is 3.39. The molecule has 1 aromatic carbocycles. The van der Waals surface area contributed by atoms with Crippen molar-refractivity contribution in [2.45, 2.75) is 45.2 Å². The minimum atomic E-state index is -0.397. The van der Waals surface area contributed by atoms with E-state index in [0.717, 1.165) is 24.8 Å². The predicted molar refractivity (Wildman–Crippen MR) is 101 cm³/mol. The van der Waals surface area contributed by atoms with Gasteiger partial charge in [-0.15, -0.1) is 0 Å². The standard InChI is InChI=1S/C20H29N3O2/c1-4-16-8-10-17(11-9-16)19(14-24)22-20(25)21-15(2)7-12-18-6-5-13-23(18)3/h5-6,8-11,13,15,19,24H,4,7,12,14H2,1-3H3,(H2,21,22,25). The number of carbonyl (C=O) groups is 1. The fraction of sp³-hybridized carbons (Fsp3) is 0.450. The van der Waals surface area contributed by atoms with Crippen LogP contribution >= 0.6 is 0 Å². The van der Waals surface area contributed by atoms with E-state index < -0.39 is 6.04 Å². The SMILES string of the molecule is CCc1ccc(C(CO)NC(=O)NC(C)CCc2cccn2C)cc1. The molecule has 0 bridgehead atoms. The maximum absolute atomic E-state index is 12.2. The summed E-state index contributed by atoms with van der Waals surface area (Å²) >= 11 is 0. The lowest BCUT2D eigenvalue weighted by Crippen LogP contribution is -2.43. The molecule has 0 fully saturated rings. The number of benzene rings is 1. The molecule has 2 atom stereocenters. The van der Waals surface area contributed by atoms with Crippen LogP contribution in [-0.4, -0.2) is 28.4 Å². The van der Waals surface area contributed by atoms with Crippen molar-refractivity contribution < 1.29 is 9.90 Å². The van der Waals surface area contributed by atoms with Crippen LogP contribution in [0.25, 0.3) is 0 Å². The molecule has 3 N–H and O–H groups in total. The Morgan fingerprint density at radius 2 is 1.92 bits per heavy atom. The highest BCUT2D eigenvalue weighted by atomic mass is 16.3. The fourth-order valence-corrected chi connectivity index (χ4v) is 2.84. The van der Waals surface area contributed by atoms with E-state index in [9.17, 15) is 9.90 Å². The highest BCUT2D eigenvalue weighted by Crippen LogP contribution is 2.14. The largest absolute Gasteiger partial charge is 0.394 e. The smallest absolute Gasteiger partial charge is 0.315 e. The Morgan fingerprint density at radius 3 is 2.48 bits per heavy atom. The van der Waals surface area contributed by atoms with Gasteiger partial charge < -0.3 is 20.3 Å². The molecule has 136 valence electrons. The molecule has 0 radical (unpaired) electrons. The molecular weight excluding hydrogens is 314 g/mol. The van der Waals surface area contributed by atoms with E-state index in [-0.39, 0.29) is 18.7 Å². The Balaban J connectivity index is 1.83. The molecule has 2 amide bonds. The Kier molecular flexibility index (Phi) is 7.07. The number of nitrogens with zero attached hydrogens (tertiary/aromatic N) is 1. The van der Waals surface area contributed by atoms with Crippen LogP contribution in [-0.2, 0) is 19.9 Å². The van der Waals surface area contributed by atoms with Crippen LogP contribution in [0.5, 0.6) is 0 Å². The van der Waals surface area contributed by atoms with Crippen molar-refractivity contribution in [2.75, 3.05) is 6.61 Å². The van der Waals surface area contributed by atoms with Gasteiger partial charge in [-0.05, 0) is 49.4 Å². The van der Waals surface area contributed by atoms with Gasteiger partial charge in [-0.25, -0.2) is 4.79 Å². The Labute approximate surface area is 150 Å². The highest BCUT2D eigenvalue weighted by Gasteiger charge is 2.15. The second-order valence-electron chi connectivity index (χ2n) is 6.50. The summed E-state index contributed by atoms with van der Waals surface area (Å²) in [6, 6.07) is 11.5. The number of hydrogen-bond donors (Lipinski definition) is 3. The predicted octanol–water partition coefficient (Wildman–Crippen LogP) is 2.94. The third-order valence-corrected chi connectivity index (χ3v) is 4.54. The van der Waals surface area contributed by atoms with Gasteiger partial charge in [0.25, 0.3) is 0 Å². The normalized spacial score (nSPS) is 13.3. The molecule has 0 saturated heterocycles. The maximum Gasteiger partial charge on any atom is 0.315 e. The number of aliphatic hydroxyl groups is 1. The van der Waals surface area contributed by atoms with Crippen LogP contribution in [0.15, 0.2) is 42.6 Å². The van der Waals surface area contributed by atoms with Crippen molar-refractivity contribution in [1.82, 2.24) is 15.2 Å². The molecular formula is C20H29N3O2. The zero-order valence-electron chi connectivity index (χ0n) is 15.3. The van der Waals surface area contributed by atoms with E-state index in [1.54, 1.807) is 0 Å². The zero-order valence-corrected chi connectivity index (χ0v) is 15.3. The van der Waals surface area contributed by atoms with E-state index in [4.69, 9.17) is 0 Å². The summed E-state index contributed by atoms with van der Waals surface area (Å²) in [5, 5.41) is 15.4. The van der Waals surface area contributed by atoms with Crippen molar-refractivity contribution >= 4 is 6.03 Å². The van der Waals surface area contributed by atoms with Gasteiger partial charge in [0.1, 0.15) is 0 Å². The van der Waals surface area contributed by atoms with E-state index in [1.165, 1.54) is 11.3 Å². The maximum atomic E-state index is 12.2. The number of aliphatic hydroxyl groups excluding tert-OH is 1. The van der Waals surface area contributed by atoms with Gasteiger partial charge in [0.2, 0.25) is 0 Å². The molecule has 2 rings (SSSR count). The molecule has 1 aromatic heterocycles. The third-order valence-electron chi connectivity index (χ3n) is 4.54. The monoisotopic (exact) mass is 343 g/mol. The van der Waals surface area contributed by atoms with Gasteiger partial charge in [0.05, 0.1) is 12.6 Å². The van der Waals surface area contributed by atoms with Gasteiger partial charge in [0.15, 0.2) is 0 Å². The quantitative estimate of drug-likeness (QED) is 0.690. The molecule has 0 aliphatic carbocycles. The first-order valence-electron chi connectivity index (χ1n) is 8.90. The number of nitrogens with one attached hydrogen (secondary N) is 2. The first kappa shape index (κ1) is 19.1. The van der Waals surface area contributed by atoms with Crippen LogP contribution in [0.3, 0.4) is 0 Å². The molecule has 25 heavy (non-hydrogen) atoms. The van der Waals surface area contributed by atoms with Crippen LogP contribution < -0.4 is 10.6 Å². The summed E-state index contributed by atoms with van der Waals surface area (Å²) in [7, 11) is 2.02. The van der Waals surface area contributed by atoms with E-state index in [0.29, 0.717) is 0 Å². The number of aryl methyl sites for hydroxylation is 3. The number of urea groups is 1. The lowest BCUT2D eigenvalue weighted by Gasteiger charge is -2.20. The summed E-state index contributed by atoms with van der Waals surface area (Å²) < 4.78 is 2.09. The summed E-state index contributed by atoms with van der Waals surface area (Å²) in [4.78, 5) is 12.2. The molecule has 1 heterocycles. The Bertz CT molecular complexity index is 664.